The first-order valence-electron chi connectivity index (χ1n) is 5.84. The van der Waals surface area contributed by atoms with Gasteiger partial charge in [-0.25, -0.2) is 10.2 Å². The Morgan fingerprint density at radius 2 is 2.00 bits per heavy atom. The van der Waals surface area contributed by atoms with Crippen LogP contribution in [0.4, 0.5) is 11.8 Å². The molecule has 0 aromatic carbocycles. The van der Waals surface area contributed by atoms with E-state index < -0.39 is 0 Å². The molecule has 0 unspecified atom stereocenters. The second kappa shape index (κ2) is 7.15. The van der Waals surface area contributed by atoms with Gasteiger partial charge < -0.3 is 25.8 Å². The Bertz CT molecular complexity index is 576. The third-order valence-corrected chi connectivity index (χ3v) is 3.03. The summed E-state index contributed by atoms with van der Waals surface area (Å²) < 4.78 is 0. The van der Waals surface area contributed by atoms with Gasteiger partial charge in [0, 0.05) is 51.7 Å². The van der Waals surface area contributed by atoms with Crippen LogP contribution in [0.25, 0.3) is 11.0 Å². The molecule has 1 aliphatic rings. The summed E-state index contributed by atoms with van der Waals surface area (Å²) in [7, 11) is 0. The molecule has 1 radical (unpaired) electrons. The van der Waals surface area contributed by atoms with E-state index in [4.69, 9.17) is 11.0 Å². The molecule has 0 saturated carbocycles. The number of nitrogens with zero attached hydrogens (tertiary/aromatic N) is 6. The Morgan fingerprint density at radius 3 is 2.65 bits per heavy atom. The molecule has 2 aromatic rings. The quantitative estimate of drug-likeness (QED) is 0.610. The van der Waals surface area contributed by atoms with Gasteiger partial charge in [-0.1, -0.05) is 0 Å². The first kappa shape index (κ1) is 16.3. The molecule has 2 aromatic heterocycles. The monoisotopic (exact) mass is 447 g/mol. The minimum absolute atomic E-state index is 0. The Balaban J connectivity index is 0.000000639. The van der Waals surface area contributed by atoms with Crippen molar-refractivity contribution in [1.29, 1.82) is 5.26 Å². The summed E-state index contributed by atoms with van der Waals surface area (Å²) in [5.41, 5.74) is 6.18. The van der Waals surface area contributed by atoms with Crippen LogP contribution in [0.5, 0.6) is 0 Å². The molecule has 0 aliphatic carbocycles. The van der Waals surface area contributed by atoms with E-state index in [1.54, 1.807) is 6.20 Å². The second-order valence-electron chi connectivity index (χ2n) is 4.21. The molecule has 9 heteroatoms. The molecule has 3 rings (SSSR count). The van der Waals surface area contributed by atoms with Crippen LogP contribution in [-0.2, 0) is 20.4 Å². The van der Waals surface area contributed by atoms with Crippen LogP contribution >= 0.6 is 0 Å². The fourth-order valence-electron chi connectivity index (χ4n) is 2.11. The zero-order chi connectivity index (χ0) is 13.8. The van der Waals surface area contributed by atoms with E-state index in [1.165, 1.54) is 0 Å². The summed E-state index contributed by atoms with van der Waals surface area (Å²) >= 11 is 0. The Morgan fingerprint density at radius 1 is 1.35 bits per heavy atom. The maximum absolute atomic E-state index is 9.49. The number of nitriles is 1. The minimum atomic E-state index is -0.211. The number of anilines is 2. The van der Waals surface area contributed by atoms with Crippen LogP contribution in [0.15, 0.2) is 6.20 Å². The molecular formula is C11H14N7ORe-. The predicted octanol–water partition coefficient (Wildman–Crippen LogP) is -0.337. The third kappa shape index (κ3) is 3.23. The van der Waals surface area contributed by atoms with E-state index in [0.29, 0.717) is 5.65 Å². The molecule has 1 saturated heterocycles. The average molecular weight is 446 g/mol. The van der Waals surface area contributed by atoms with Gasteiger partial charge in [0.15, 0.2) is 0 Å². The van der Waals surface area contributed by atoms with E-state index in [0.717, 1.165) is 37.1 Å². The molecule has 0 bridgehead atoms. The van der Waals surface area contributed by atoms with Crippen molar-refractivity contribution in [2.24, 2.45) is 0 Å². The fourth-order valence-corrected chi connectivity index (χ4v) is 2.11. The van der Waals surface area contributed by atoms with Crippen LogP contribution in [0.1, 0.15) is 12.8 Å². The van der Waals surface area contributed by atoms with Crippen LogP contribution in [0.2, 0.25) is 0 Å². The van der Waals surface area contributed by atoms with Gasteiger partial charge in [0.2, 0.25) is 0 Å². The van der Waals surface area contributed by atoms with Gasteiger partial charge in [-0.15, -0.1) is 0 Å². The van der Waals surface area contributed by atoms with Gasteiger partial charge >= 0.3 is 0 Å². The van der Waals surface area contributed by atoms with Crippen LogP contribution in [-0.4, -0.2) is 39.4 Å². The number of rotatable bonds is 1. The molecule has 1 fully saturated rings. The number of hydrogen-bond donors (Lipinski definition) is 2. The first-order chi connectivity index (χ1) is 9.24. The standard InChI is InChI=1S/C10H13N6O.CHN.Re/c11-10-13-8-7(5-12-15-8)9(14-10)16-3-1-6(17)2-4-16;1-2;/h5-6,17H,1-4H2,(H2-,11,12,13,14,15);1H;/q-1;;. The number of aliphatic hydroxyl groups excluding tert-OH is 1. The number of hydrogen-bond acceptors (Lipinski definition) is 7. The first-order valence-corrected chi connectivity index (χ1v) is 5.84. The van der Waals surface area contributed by atoms with Crippen molar-refractivity contribution < 1.29 is 25.5 Å². The summed E-state index contributed by atoms with van der Waals surface area (Å²) in [5.74, 6) is 0.975. The second-order valence-corrected chi connectivity index (χ2v) is 4.21. The number of fused-ring (bicyclic) bond motifs is 1. The Hall–Kier alpha value is -1.74. The number of aliphatic hydroxyl groups is 1. The van der Waals surface area contributed by atoms with E-state index in [-0.39, 0.29) is 32.5 Å². The molecule has 20 heavy (non-hydrogen) atoms. The number of piperidine rings is 1. The summed E-state index contributed by atoms with van der Waals surface area (Å²) in [5, 5.41) is 24.5. The Labute approximate surface area is 129 Å². The molecule has 3 N–H and O–H groups in total. The molecule has 107 valence electrons. The number of aromatic nitrogens is 4. The van der Waals surface area contributed by atoms with Gasteiger partial charge in [0.1, 0.15) is 11.8 Å². The zero-order valence-electron chi connectivity index (χ0n) is 10.6. The van der Waals surface area contributed by atoms with Gasteiger partial charge in [0.05, 0.1) is 6.10 Å². The molecule has 0 spiro atoms. The summed E-state index contributed by atoms with van der Waals surface area (Å²) in [6.07, 6.45) is 2.92. The number of nitrogen functional groups attached to an aromatic ring is 1. The molecule has 0 atom stereocenters. The number of nitrogens with two attached hydrogens (primary N) is 1. The van der Waals surface area contributed by atoms with Crippen LogP contribution in [0.3, 0.4) is 0 Å². The SMILES string of the molecule is C#N.Nc1nc(N2CCC(O)CC2)c2cn[n-]c2n1.[Re]. The summed E-state index contributed by atoms with van der Waals surface area (Å²) in [6.45, 7) is 5.02. The van der Waals surface area contributed by atoms with Crippen molar-refractivity contribution in [3.63, 3.8) is 0 Å². The zero-order valence-corrected chi connectivity index (χ0v) is 13.4. The minimum Gasteiger partial charge on any atom is -0.403 e. The predicted molar refractivity (Wildman–Crippen MR) is 69.2 cm³/mol. The maximum atomic E-state index is 9.49. The van der Waals surface area contributed by atoms with E-state index >= 15 is 0 Å². The Kier molecular flexibility index (Phi) is 5.84. The van der Waals surface area contributed by atoms with Crippen molar-refractivity contribution in [2.45, 2.75) is 18.9 Å². The fraction of sp³-hybridized carbons (Fsp3) is 0.455. The van der Waals surface area contributed by atoms with Crippen molar-refractivity contribution in [1.82, 2.24) is 20.2 Å². The average Bonchev–Trinajstić information content (AvgIpc) is 2.89. The van der Waals surface area contributed by atoms with Gasteiger partial charge in [-0.2, -0.15) is 0 Å². The van der Waals surface area contributed by atoms with Crippen LogP contribution < -0.4 is 15.7 Å². The molecular weight excluding hydrogens is 432 g/mol. The summed E-state index contributed by atoms with van der Waals surface area (Å²) in [6, 6.07) is 0. The van der Waals surface area contributed by atoms with Crippen molar-refractivity contribution >= 4 is 22.8 Å². The maximum Gasteiger partial charge on any atom is 0.139 e. The van der Waals surface area contributed by atoms with Crippen molar-refractivity contribution in [3.05, 3.63) is 6.20 Å². The smallest absolute Gasteiger partial charge is 0.139 e. The largest absolute Gasteiger partial charge is 0.403 e. The molecule has 3 heterocycles. The van der Waals surface area contributed by atoms with Crippen molar-refractivity contribution in [3.8, 4) is 6.57 Å². The topological polar surface area (TPSA) is 126 Å². The summed E-state index contributed by atoms with van der Waals surface area (Å²) in [4.78, 5) is 10.4. The molecule has 1 aliphatic heterocycles. The van der Waals surface area contributed by atoms with Gasteiger partial charge in [-0.3, -0.25) is 5.10 Å². The third-order valence-electron chi connectivity index (χ3n) is 3.03. The van der Waals surface area contributed by atoms with Gasteiger partial charge in [0.25, 0.3) is 0 Å². The van der Waals surface area contributed by atoms with E-state index in [2.05, 4.69) is 31.6 Å². The van der Waals surface area contributed by atoms with Gasteiger partial charge in [-0.05, 0) is 18.5 Å². The van der Waals surface area contributed by atoms with Crippen molar-refractivity contribution in [2.75, 3.05) is 23.7 Å². The van der Waals surface area contributed by atoms with E-state index in [1.807, 2.05) is 0 Å². The van der Waals surface area contributed by atoms with E-state index in [9.17, 15) is 5.11 Å². The van der Waals surface area contributed by atoms with Crippen LogP contribution in [0, 0.1) is 11.8 Å². The normalized spacial score (nSPS) is 15.2. The molecule has 8 nitrogen and oxygen atoms in total. The molecule has 0 amide bonds.